The van der Waals surface area contributed by atoms with Gasteiger partial charge in [-0.2, -0.15) is 0 Å². The Morgan fingerprint density at radius 2 is 2.35 bits per heavy atom. The van der Waals surface area contributed by atoms with Crippen LogP contribution in [0.4, 0.5) is 0 Å². The van der Waals surface area contributed by atoms with E-state index in [2.05, 4.69) is 36.1 Å². The van der Waals surface area contributed by atoms with E-state index in [9.17, 15) is 4.79 Å². The van der Waals surface area contributed by atoms with Crippen LogP contribution >= 0.6 is 11.3 Å². The highest BCUT2D eigenvalue weighted by Gasteiger charge is 2.22. The largest absolute Gasteiger partial charge is 0.296 e. The quantitative estimate of drug-likeness (QED) is 0.507. The maximum Gasteiger partial charge on any atom is 0.277 e. The number of nitrogens with zero attached hydrogens (tertiary/aromatic N) is 2. The molecule has 1 aromatic rings. The Balaban J connectivity index is 2.14. The highest BCUT2D eigenvalue weighted by molar-refractivity contribution is 7.13. The van der Waals surface area contributed by atoms with Gasteiger partial charge in [-0.1, -0.05) is 20.8 Å². The summed E-state index contributed by atoms with van der Waals surface area (Å²) in [4.78, 5) is 19.6. The van der Waals surface area contributed by atoms with Crippen molar-refractivity contribution in [2.45, 2.75) is 46.1 Å². The van der Waals surface area contributed by atoms with E-state index in [1.165, 1.54) is 24.2 Å². The molecule has 1 saturated heterocycles. The van der Waals surface area contributed by atoms with Crippen LogP contribution in [-0.4, -0.2) is 28.9 Å². The van der Waals surface area contributed by atoms with E-state index in [1.54, 1.807) is 0 Å². The topological polar surface area (TPSA) is 71.2 Å². The number of amides is 1. The molecule has 0 saturated carbocycles. The monoisotopic (exact) mass is 296 g/mol. The Kier molecular flexibility index (Phi) is 5.12. The zero-order chi connectivity index (χ0) is 14.7. The molecule has 0 bridgehead atoms. The van der Waals surface area contributed by atoms with E-state index in [-0.39, 0.29) is 11.8 Å². The van der Waals surface area contributed by atoms with Gasteiger partial charge in [0.2, 0.25) is 0 Å². The van der Waals surface area contributed by atoms with Crippen LogP contribution < -0.4 is 11.3 Å². The molecule has 1 aromatic heterocycles. The first-order chi connectivity index (χ1) is 9.51. The summed E-state index contributed by atoms with van der Waals surface area (Å²) in [5, 5.41) is 1.02. The number of nitrogens with one attached hydrogen (secondary N) is 1. The molecule has 1 aliphatic rings. The number of carbonyl (C=O) groups excluding carboxylic acids is 1. The molecule has 0 aliphatic carbocycles. The minimum absolute atomic E-state index is 0.229. The van der Waals surface area contributed by atoms with Crippen molar-refractivity contribution in [2.24, 2.45) is 11.8 Å². The summed E-state index contributed by atoms with van der Waals surface area (Å²) in [7, 11) is 0. The molecular weight excluding hydrogens is 272 g/mol. The number of hydrogen-bond donors (Lipinski definition) is 2. The Bertz CT molecular complexity index is 472. The lowest BCUT2D eigenvalue weighted by Gasteiger charge is -2.29. The average molecular weight is 296 g/mol. The van der Waals surface area contributed by atoms with Crippen molar-refractivity contribution in [3.05, 3.63) is 15.6 Å². The molecule has 1 aliphatic heterocycles. The maximum absolute atomic E-state index is 11.8. The Morgan fingerprint density at radius 3 is 2.95 bits per heavy atom. The standard InChI is InChI=1S/C14H24N4OS/c1-9(2)12-13(14(19)17-15)20-11(16-12)8-18-6-4-5-10(3)7-18/h9-10H,4-8,15H2,1-3H3,(H,17,19). The maximum atomic E-state index is 11.8. The summed E-state index contributed by atoms with van der Waals surface area (Å²) in [5.74, 6) is 6.00. The molecule has 20 heavy (non-hydrogen) atoms. The second-order valence-corrected chi connectivity index (χ2v) is 7.02. The van der Waals surface area contributed by atoms with Crippen LogP contribution in [0, 0.1) is 5.92 Å². The molecule has 0 radical (unpaired) electrons. The van der Waals surface area contributed by atoms with Crippen molar-refractivity contribution in [3.63, 3.8) is 0 Å². The number of aromatic nitrogens is 1. The van der Waals surface area contributed by atoms with Gasteiger partial charge in [-0.05, 0) is 31.2 Å². The number of hydrazine groups is 1. The summed E-state index contributed by atoms with van der Waals surface area (Å²) >= 11 is 1.47. The number of carbonyl (C=O) groups is 1. The summed E-state index contributed by atoms with van der Waals surface area (Å²) in [5.41, 5.74) is 3.08. The summed E-state index contributed by atoms with van der Waals surface area (Å²) in [6, 6.07) is 0. The highest BCUT2D eigenvalue weighted by atomic mass is 32.1. The molecule has 6 heteroatoms. The van der Waals surface area contributed by atoms with Crippen LogP contribution in [0.5, 0.6) is 0 Å². The average Bonchev–Trinajstić information content (AvgIpc) is 2.82. The van der Waals surface area contributed by atoms with E-state index in [0.717, 1.165) is 36.3 Å². The minimum Gasteiger partial charge on any atom is -0.296 e. The summed E-state index contributed by atoms with van der Waals surface area (Å²) in [6.45, 7) is 9.48. The van der Waals surface area contributed by atoms with Crippen molar-refractivity contribution in [3.8, 4) is 0 Å². The van der Waals surface area contributed by atoms with Gasteiger partial charge in [0.15, 0.2) is 0 Å². The first-order valence-corrected chi connectivity index (χ1v) is 8.05. The third kappa shape index (κ3) is 3.56. The lowest BCUT2D eigenvalue weighted by molar-refractivity contribution is 0.0956. The van der Waals surface area contributed by atoms with Gasteiger partial charge < -0.3 is 0 Å². The number of rotatable bonds is 4. The van der Waals surface area contributed by atoms with Gasteiger partial charge in [-0.3, -0.25) is 15.1 Å². The van der Waals surface area contributed by atoms with E-state index < -0.39 is 0 Å². The van der Waals surface area contributed by atoms with Gasteiger partial charge in [-0.25, -0.2) is 10.8 Å². The number of nitrogen functional groups attached to an aromatic ring is 1. The Labute approximate surface area is 124 Å². The first-order valence-electron chi connectivity index (χ1n) is 7.24. The highest BCUT2D eigenvalue weighted by Crippen LogP contribution is 2.27. The zero-order valence-corrected chi connectivity index (χ0v) is 13.3. The fourth-order valence-corrected chi connectivity index (χ4v) is 3.85. The van der Waals surface area contributed by atoms with Gasteiger partial charge in [0.25, 0.3) is 5.91 Å². The second kappa shape index (κ2) is 6.65. The number of piperidine rings is 1. The molecule has 0 aromatic carbocycles. The predicted molar refractivity (Wildman–Crippen MR) is 81.5 cm³/mol. The minimum atomic E-state index is -0.232. The van der Waals surface area contributed by atoms with E-state index in [0.29, 0.717) is 4.88 Å². The third-order valence-electron chi connectivity index (χ3n) is 3.68. The fourth-order valence-electron chi connectivity index (χ4n) is 2.69. The van der Waals surface area contributed by atoms with Crippen LogP contribution in [-0.2, 0) is 6.54 Å². The van der Waals surface area contributed by atoms with Crippen molar-refractivity contribution in [1.82, 2.24) is 15.3 Å². The SMILES string of the molecule is CC1CCCN(Cc2nc(C(C)C)c(C(=O)NN)s2)C1. The second-order valence-electron chi connectivity index (χ2n) is 5.93. The van der Waals surface area contributed by atoms with Crippen molar-refractivity contribution in [1.29, 1.82) is 0 Å². The van der Waals surface area contributed by atoms with Gasteiger partial charge in [0.05, 0.1) is 12.2 Å². The third-order valence-corrected chi connectivity index (χ3v) is 4.74. The van der Waals surface area contributed by atoms with Gasteiger partial charge in [-0.15, -0.1) is 11.3 Å². The van der Waals surface area contributed by atoms with Gasteiger partial charge in [0.1, 0.15) is 9.88 Å². The molecule has 3 N–H and O–H groups in total. The zero-order valence-electron chi connectivity index (χ0n) is 12.5. The molecule has 2 rings (SSSR count). The van der Waals surface area contributed by atoms with Crippen LogP contribution in [0.25, 0.3) is 0 Å². The molecule has 1 atom stereocenters. The number of likely N-dealkylation sites (tertiary alicyclic amines) is 1. The van der Waals surface area contributed by atoms with Crippen molar-refractivity contribution in [2.75, 3.05) is 13.1 Å². The molecule has 0 spiro atoms. The van der Waals surface area contributed by atoms with Crippen LogP contribution in [0.15, 0.2) is 0 Å². The Hall–Kier alpha value is -0.980. The summed E-state index contributed by atoms with van der Waals surface area (Å²) < 4.78 is 0. The molecule has 1 amide bonds. The predicted octanol–water partition coefficient (Wildman–Crippen LogP) is 2.10. The van der Waals surface area contributed by atoms with E-state index in [1.807, 2.05) is 0 Å². The smallest absolute Gasteiger partial charge is 0.277 e. The fraction of sp³-hybridized carbons (Fsp3) is 0.714. The molecule has 2 heterocycles. The van der Waals surface area contributed by atoms with Crippen molar-refractivity contribution < 1.29 is 4.79 Å². The Morgan fingerprint density at radius 1 is 1.60 bits per heavy atom. The lowest BCUT2D eigenvalue weighted by atomic mass is 10.0. The molecule has 1 fully saturated rings. The van der Waals surface area contributed by atoms with Crippen LogP contribution in [0.3, 0.4) is 0 Å². The van der Waals surface area contributed by atoms with Gasteiger partial charge in [0, 0.05) is 6.54 Å². The number of nitrogens with two attached hydrogens (primary N) is 1. The molecule has 1 unspecified atom stereocenters. The summed E-state index contributed by atoms with van der Waals surface area (Å²) in [6.07, 6.45) is 2.56. The normalized spacial score (nSPS) is 20.4. The van der Waals surface area contributed by atoms with Crippen molar-refractivity contribution >= 4 is 17.2 Å². The number of thiazole rings is 1. The van der Waals surface area contributed by atoms with E-state index in [4.69, 9.17) is 5.84 Å². The molecule has 5 nitrogen and oxygen atoms in total. The van der Waals surface area contributed by atoms with Crippen LogP contribution in [0.1, 0.15) is 59.9 Å². The molecular formula is C14H24N4OS. The number of hydrogen-bond acceptors (Lipinski definition) is 5. The van der Waals surface area contributed by atoms with E-state index >= 15 is 0 Å². The van der Waals surface area contributed by atoms with Crippen LogP contribution in [0.2, 0.25) is 0 Å². The first kappa shape index (κ1) is 15.4. The molecule has 112 valence electrons. The lowest BCUT2D eigenvalue weighted by Crippen LogP contribution is -2.33. The van der Waals surface area contributed by atoms with Gasteiger partial charge >= 0.3 is 0 Å².